The molecule has 0 aliphatic rings. The van der Waals surface area contributed by atoms with Gasteiger partial charge in [-0.1, -0.05) is 12.8 Å². The summed E-state index contributed by atoms with van der Waals surface area (Å²) < 4.78 is 27.0. The molecule has 0 fully saturated rings. The Kier molecular flexibility index (Phi) is 41.0. The van der Waals surface area contributed by atoms with E-state index in [1.807, 2.05) is 0 Å². The quantitative estimate of drug-likeness (QED) is 0.142. The number of methoxy groups -OCH3 is 4. The minimum Gasteiger partial charge on any atom is 0 e. The number of ether oxygens (including phenoxy) is 4. The summed E-state index contributed by atoms with van der Waals surface area (Å²) in [5, 5.41) is 0. The SMILES string of the molecule is COCC(CCC[S-])COC.COCC(CCC[S-])COC.C[As](C)c1ccccc1[As](C)C.C[As](C)c1ccccc1[As](C)C.[99Tc]. The van der Waals surface area contributed by atoms with E-state index in [2.05, 4.69) is 94.2 Å². The van der Waals surface area contributed by atoms with Crippen molar-refractivity contribution in [2.45, 2.75) is 71.4 Å². The Morgan fingerprint density at radius 3 is 0.830 bits per heavy atom. The largest absolute Gasteiger partial charge is 0 e. The van der Waals surface area contributed by atoms with Gasteiger partial charge >= 0.3 is 170 Å². The number of benzene rings is 2. The molecule has 275 valence electrons. The maximum absolute atomic E-state index is 5.04. The minimum absolute atomic E-state index is 0. The van der Waals surface area contributed by atoms with Gasteiger partial charge in [-0.25, -0.2) is 0 Å². The van der Waals surface area contributed by atoms with E-state index in [0.29, 0.717) is 11.8 Å². The third-order valence-electron chi connectivity index (χ3n) is 6.81. The zero-order valence-corrected chi connectivity index (χ0v) is 42.5. The molecular weight excluding hydrogens is 959 g/mol. The van der Waals surface area contributed by atoms with Crippen LogP contribution < -0.4 is 17.4 Å². The predicted molar refractivity (Wildman–Crippen MR) is 219 cm³/mol. The van der Waals surface area contributed by atoms with Gasteiger partial charge in [0.05, 0.1) is 26.4 Å². The van der Waals surface area contributed by atoms with E-state index in [1.165, 1.54) is 0 Å². The molecule has 0 aliphatic heterocycles. The molecule has 0 amide bonds. The maximum Gasteiger partial charge on any atom is 0 e. The van der Waals surface area contributed by atoms with Crippen LogP contribution in [-0.2, 0) is 64.3 Å². The molecule has 0 heterocycles. The first-order valence-corrected chi connectivity index (χ1v) is 35.9. The summed E-state index contributed by atoms with van der Waals surface area (Å²) in [5.74, 6) is 2.72. The minimum atomic E-state index is -0.651. The van der Waals surface area contributed by atoms with Crippen molar-refractivity contribution < 1.29 is 39.1 Å². The van der Waals surface area contributed by atoms with Crippen molar-refractivity contribution >= 4 is 101 Å². The molecule has 0 aliphatic carbocycles. The van der Waals surface area contributed by atoms with Crippen LogP contribution in [0.1, 0.15) is 25.7 Å². The molecule has 0 spiro atoms. The fraction of sp³-hybridized carbons (Fsp3) is 0.667. The van der Waals surface area contributed by atoms with E-state index >= 15 is 0 Å². The molecule has 2 rings (SSSR count). The summed E-state index contributed by atoms with van der Waals surface area (Å²) in [4.78, 5) is 0. The first-order valence-electron chi connectivity index (χ1n) is 15.9. The van der Waals surface area contributed by atoms with Crippen LogP contribution in [0.25, 0.3) is 0 Å². The molecule has 4 nitrogen and oxygen atoms in total. The topological polar surface area (TPSA) is 36.9 Å². The van der Waals surface area contributed by atoms with Crippen molar-refractivity contribution in [3.05, 3.63) is 48.5 Å². The molecule has 47 heavy (non-hydrogen) atoms. The number of rotatable bonds is 18. The second-order valence-electron chi connectivity index (χ2n) is 11.8. The van der Waals surface area contributed by atoms with Crippen molar-refractivity contribution in [1.82, 2.24) is 0 Å². The molecule has 0 N–H and O–H groups in total. The van der Waals surface area contributed by atoms with Crippen LogP contribution in [0.3, 0.4) is 0 Å². The smallest absolute Gasteiger partial charge is 0 e. The van der Waals surface area contributed by atoms with Crippen molar-refractivity contribution in [1.29, 1.82) is 0 Å². The van der Waals surface area contributed by atoms with Crippen LogP contribution >= 0.6 is 0 Å². The van der Waals surface area contributed by atoms with Gasteiger partial charge < -0.3 is 44.2 Å². The van der Waals surface area contributed by atoms with Gasteiger partial charge in [-0.05, 0) is 12.8 Å². The second-order valence-corrected chi connectivity index (χ2v) is 31.7. The summed E-state index contributed by atoms with van der Waals surface area (Å²) >= 11 is 7.11. The average molecular weight is 1030 g/mol. The fourth-order valence-corrected chi connectivity index (χ4v) is 21.3. The van der Waals surface area contributed by atoms with Crippen LogP contribution in [0, 0.1) is 11.8 Å². The van der Waals surface area contributed by atoms with Gasteiger partial charge in [-0.3, -0.25) is 0 Å². The Morgan fingerprint density at radius 2 is 0.681 bits per heavy atom. The Bertz CT molecular complexity index is 817. The van der Waals surface area contributed by atoms with Gasteiger partial charge in [-0.2, -0.15) is 11.5 Å². The summed E-state index contributed by atoms with van der Waals surface area (Å²) in [6.45, 7) is 3.12. The van der Waals surface area contributed by atoms with E-state index in [1.54, 1.807) is 45.8 Å². The molecule has 2 aromatic carbocycles. The molecule has 0 saturated carbocycles. The van der Waals surface area contributed by atoms with Crippen molar-refractivity contribution in [2.24, 2.45) is 11.8 Å². The maximum atomic E-state index is 5.04. The number of hydrogen-bond donors (Lipinski definition) is 0. The van der Waals surface area contributed by atoms with Gasteiger partial charge in [0.25, 0.3) is 0 Å². The molecule has 11 heteroatoms. The summed E-state index contributed by atoms with van der Waals surface area (Å²) in [6.07, 6.45) is 4.41. The molecule has 0 unspecified atom stereocenters. The molecule has 0 bridgehead atoms. The zero-order chi connectivity index (χ0) is 35.3. The van der Waals surface area contributed by atoms with E-state index in [-0.39, 0.29) is 20.1 Å². The van der Waals surface area contributed by atoms with E-state index < -0.39 is 58.6 Å². The molecule has 0 atom stereocenters. The third kappa shape index (κ3) is 28.1. The summed E-state index contributed by atoms with van der Waals surface area (Å²) in [6, 6.07) is 18.1. The molecule has 1 radical (unpaired) electrons. The van der Waals surface area contributed by atoms with E-state index in [0.717, 1.165) is 63.6 Å². The van der Waals surface area contributed by atoms with Gasteiger partial charge in [0, 0.05) is 60.4 Å². The molecule has 0 saturated heterocycles. The summed E-state index contributed by atoms with van der Waals surface area (Å²) in [5.41, 5.74) is 19.4. The number of hydrogen-bond acceptors (Lipinski definition) is 6. The standard InChI is InChI=1S/2C10H16As2.2C8H18O2S.Tc/c2*1-11(2)9-7-5-6-8-10(9)12(3)4;2*1-9-6-8(7-10-2)4-3-5-11;/h2*5-8H,1-4H3;2*8,11H,3-7H2,1-2H3;/p-2/i;;;;1+1. The van der Waals surface area contributed by atoms with Crippen molar-refractivity contribution in [2.75, 3.05) is 66.4 Å². The fourth-order valence-electron chi connectivity index (χ4n) is 4.56. The van der Waals surface area contributed by atoms with E-state index in [4.69, 9.17) is 44.2 Å². The van der Waals surface area contributed by atoms with Gasteiger partial charge in [0.2, 0.25) is 0 Å². The zero-order valence-electron chi connectivity index (χ0n) is 31.5. The second kappa shape index (κ2) is 36.2. The monoisotopic (exact) mass is 1030 g/mol. The Labute approximate surface area is 335 Å². The average Bonchev–Trinajstić information content (AvgIpc) is 3.03. The van der Waals surface area contributed by atoms with Gasteiger partial charge in [-0.15, -0.1) is 0 Å². The van der Waals surface area contributed by atoms with Crippen molar-refractivity contribution in [3.8, 4) is 0 Å². The first kappa shape index (κ1) is 53.2. The normalized spacial score (nSPS) is 10.8. The van der Waals surface area contributed by atoms with Crippen LogP contribution in [0.15, 0.2) is 48.5 Å². The van der Waals surface area contributed by atoms with Gasteiger partial charge in [0.15, 0.2) is 0 Å². The molecule has 0 aromatic heterocycles. The Balaban J connectivity index is -0.000000546. The van der Waals surface area contributed by atoms with Gasteiger partial charge in [0.1, 0.15) is 0 Å². The van der Waals surface area contributed by atoms with Crippen LogP contribution in [0.2, 0.25) is 45.7 Å². The first-order chi connectivity index (χ1) is 21.9. The Hall–Kier alpha value is 1.86. The molecular formula is C36H66As4O4S2Tc-2. The van der Waals surface area contributed by atoms with E-state index in [9.17, 15) is 0 Å². The van der Waals surface area contributed by atoms with Crippen LogP contribution in [0.4, 0.5) is 0 Å². The van der Waals surface area contributed by atoms with Crippen LogP contribution in [0.5, 0.6) is 0 Å². The van der Waals surface area contributed by atoms with Crippen molar-refractivity contribution in [3.63, 3.8) is 0 Å². The molecule has 2 aromatic rings. The predicted octanol–water partition coefficient (Wildman–Crippen LogP) is 5.66. The van der Waals surface area contributed by atoms with Crippen LogP contribution in [-0.4, -0.2) is 125 Å². The third-order valence-corrected chi connectivity index (χ3v) is 20.4. The Morgan fingerprint density at radius 1 is 0.468 bits per heavy atom. The summed E-state index contributed by atoms with van der Waals surface area (Å²) in [7, 11) is 6.87.